The second-order valence-electron chi connectivity index (χ2n) is 15.1. The van der Waals surface area contributed by atoms with Gasteiger partial charge in [0.15, 0.2) is 11.6 Å². The molecule has 0 N–H and O–H groups in total. The Morgan fingerprint density at radius 1 is 0.548 bits per heavy atom. The Labute approximate surface area is 254 Å². The van der Waals surface area contributed by atoms with Gasteiger partial charge in [0.1, 0.15) is 13.2 Å². The van der Waals surface area contributed by atoms with Crippen molar-refractivity contribution in [3.05, 3.63) is 81.9 Å². The number of ketones is 2. The third kappa shape index (κ3) is 11.6. The van der Waals surface area contributed by atoms with E-state index < -0.39 is 21.5 Å². The van der Waals surface area contributed by atoms with E-state index in [2.05, 4.69) is 119 Å². The van der Waals surface area contributed by atoms with E-state index in [1.54, 1.807) is 12.2 Å². The lowest BCUT2D eigenvalue weighted by Gasteiger charge is -2.25. The van der Waals surface area contributed by atoms with Crippen molar-refractivity contribution < 1.29 is 23.2 Å². The molecule has 5 nitrogen and oxygen atoms in total. The molecule has 42 heavy (non-hydrogen) atoms. The van der Waals surface area contributed by atoms with Gasteiger partial charge in [-0.3, -0.25) is 14.2 Å². The van der Waals surface area contributed by atoms with Crippen LogP contribution in [-0.4, -0.2) is 24.8 Å². The summed E-state index contributed by atoms with van der Waals surface area (Å²) in [6.07, 6.45) is 6.36. The molecular formula is C36H51O5P. The summed E-state index contributed by atoms with van der Waals surface area (Å²) < 4.78 is 22.4. The molecule has 230 valence electrons. The zero-order valence-corrected chi connectivity index (χ0v) is 28.7. The van der Waals surface area contributed by atoms with E-state index >= 15 is 0 Å². The molecular weight excluding hydrogens is 543 g/mol. The monoisotopic (exact) mass is 594 g/mol. The number of carbonyl (C=O) groups is 2. The Morgan fingerprint density at radius 2 is 0.810 bits per heavy atom. The molecule has 0 saturated carbocycles. The van der Waals surface area contributed by atoms with E-state index in [0.717, 1.165) is 11.1 Å². The minimum Gasteiger partial charge on any atom is -0.302 e. The van der Waals surface area contributed by atoms with E-state index in [1.165, 1.54) is 34.4 Å². The van der Waals surface area contributed by atoms with Crippen LogP contribution >= 0.6 is 8.25 Å². The van der Waals surface area contributed by atoms with Gasteiger partial charge in [-0.1, -0.05) is 132 Å². The fraction of sp³-hybridized carbons (Fsp3) is 0.500. The summed E-state index contributed by atoms with van der Waals surface area (Å²) >= 11 is 0. The summed E-state index contributed by atoms with van der Waals surface area (Å²) in [5.74, 6) is -0.676. The van der Waals surface area contributed by atoms with Crippen molar-refractivity contribution in [1.29, 1.82) is 0 Å². The Hall–Kier alpha value is -2.59. The molecule has 2 aromatic carbocycles. The maximum atomic E-state index is 12.4. The molecule has 0 saturated heterocycles. The number of benzene rings is 2. The molecule has 0 bridgehead atoms. The van der Waals surface area contributed by atoms with Gasteiger partial charge >= 0.3 is 8.25 Å². The van der Waals surface area contributed by atoms with E-state index in [0.29, 0.717) is 0 Å². The van der Waals surface area contributed by atoms with Crippen LogP contribution in [0.3, 0.4) is 0 Å². The molecule has 0 unspecified atom stereocenters. The highest BCUT2D eigenvalue weighted by Gasteiger charge is 2.21. The minimum absolute atomic E-state index is 0.0351. The zero-order chi connectivity index (χ0) is 32.1. The van der Waals surface area contributed by atoms with E-state index in [-0.39, 0.29) is 33.2 Å². The molecule has 2 rings (SSSR count). The molecule has 0 amide bonds. The zero-order valence-electron chi connectivity index (χ0n) is 27.7. The van der Waals surface area contributed by atoms with Gasteiger partial charge in [0.05, 0.1) is 0 Å². The average molecular weight is 595 g/mol. The number of hydrogen-bond donors (Lipinski definition) is 0. The fourth-order valence-electron chi connectivity index (χ4n) is 4.00. The van der Waals surface area contributed by atoms with E-state index in [1.807, 2.05) is 0 Å². The normalized spacial score (nSPS) is 14.1. The maximum Gasteiger partial charge on any atom is 0.320 e. The first kappa shape index (κ1) is 35.6. The van der Waals surface area contributed by atoms with Crippen molar-refractivity contribution in [3.63, 3.8) is 0 Å². The summed E-state index contributed by atoms with van der Waals surface area (Å²) in [7, 11) is -3.01. The van der Waals surface area contributed by atoms with Crippen LogP contribution in [0, 0.1) is 0 Å². The maximum absolute atomic E-state index is 12.4. The molecule has 0 aliphatic carbocycles. The molecule has 0 heterocycles. The molecule has 2 aromatic rings. The van der Waals surface area contributed by atoms with E-state index in [4.69, 9.17) is 9.05 Å². The van der Waals surface area contributed by atoms with Crippen molar-refractivity contribution in [2.45, 2.75) is 105 Å². The number of rotatable bonds is 10. The van der Waals surface area contributed by atoms with Crippen molar-refractivity contribution in [1.82, 2.24) is 0 Å². The van der Waals surface area contributed by atoms with Gasteiger partial charge in [0, 0.05) is 0 Å². The van der Waals surface area contributed by atoms with E-state index in [9.17, 15) is 14.2 Å². The van der Waals surface area contributed by atoms with Crippen LogP contribution < -0.4 is 0 Å². The smallest absolute Gasteiger partial charge is 0.302 e. The van der Waals surface area contributed by atoms with Crippen molar-refractivity contribution in [2.24, 2.45) is 0 Å². The summed E-state index contributed by atoms with van der Waals surface area (Å²) in [6.45, 7) is 25.1. The van der Waals surface area contributed by atoms with Gasteiger partial charge in [0.2, 0.25) is 0 Å². The molecule has 0 atom stereocenters. The first-order chi connectivity index (χ1) is 19.1. The summed E-state index contributed by atoms with van der Waals surface area (Å²) in [5, 5.41) is 0. The van der Waals surface area contributed by atoms with Crippen LogP contribution in [0.2, 0.25) is 0 Å². The summed E-state index contributed by atoms with van der Waals surface area (Å²) in [6, 6.07) is 12.7. The fourth-order valence-corrected chi connectivity index (χ4v) is 4.61. The minimum atomic E-state index is -3.01. The van der Waals surface area contributed by atoms with Crippen LogP contribution in [0.5, 0.6) is 0 Å². The van der Waals surface area contributed by atoms with Gasteiger partial charge < -0.3 is 9.05 Å². The van der Waals surface area contributed by atoms with Gasteiger partial charge in [-0.05, 0) is 67.2 Å². The number of carbonyl (C=O) groups excluding carboxylic acids is 2. The molecule has 0 spiro atoms. The highest BCUT2D eigenvalue weighted by Crippen LogP contribution is 2.32. The van der Waals surface area contributed by atoms with Crippen molar-refractivity contribution in [2.75, 3.05) is 13.2 Å². The van der Waals surface area contributed by atoms with Crippen LogP contribution in [0.4, 0.5) is 0 Å². The third-order valence-electron chi connectivity index (χ3n) is 6.96. The van der Waals surface area contributed by atoms with Crippen LogP contribution in [-0.2, 0) is 44.9 Å². The van der Waals surface area contributed by atoms with Gasteiger partial charge in [-0.25, -0.2) is 0 Å². The van der Waals surface area contributed by atoms with Gasteiger partial charge in [-0.15, -0.1) is 0 Å². The van der Waals surface area contributed by atoms with Crippen molar-refractivity contribution >= 4 is 32.0 Å². The standard InChI is InChI=1S/C36H51O5P/c1-33(2,3)27-17-25(18-28(21-27)34(4,5)6)13-15-31(37)23-40-42(39)41-24-32(38)16-14-26-19-29(35(7,8)9)22-30(20-26)36(10,11)12/h13-22,42H,23-24H2,1-12H3. The lowest BCUT2D eigenvalue weighted by Crippen LogP contribution is -2.16. The summed E-state index contributed by atoms with van der Waals surface area (Å²) in [4.78, 5) is 24.8. The van der Waals surface area contributed by atoms with Crippen LogP contribution in [0.15, 0.2) is 48.6 Å². The van der Waals surface area contributed by atoms with Crippen LogP contribution in [0.25, 0.3) is 12.2 Å². The second-order valence-corrected chi connectivity index (χ2v) is 16.2. The predicted octanol–water partition coefficient (Wildman–Crippen LogP) is 9.16. The average Bonchev–Trinajstić information content (AvgIpc) is 2.85. The topological polar surface area (TPSA) is 69.7 Å². The van der Waals surface area contributed by atoms with Crippen molar-refractivity contribution in [3.8, 4) is 0 Å². The van der Waals surface area contributed by atoms with Gasteiger partial charge in [0.25, 0.3) is 0 Å². The van der Waals surface area contributed by atoms with Crippen LogP contribution in [0.1, 0.15) is 116 Å². The second kappa shape index (κ2) is 13.8. The SMILES string of the molecule is CC(C)(C)c1cc(C=CC(=O)CO[PH](=O)OCC(=O)C=Cc2cc(C(C)(C)C)cc(C(C)(C)C)c2)cc(C(C)(C)C)c1. The first-order valence-corrected chi connectivity index (χ1v) is 15.8. The number of hydrogen-bond acceptors (Lipinski definition) is 5. The Balaban J connectivity index is 1.97. The first-order valence-electron chi connectivity index (χ1n) is 14.6. The largest absolute Gasteiger partial charge is 0.320 e. The predicted molar refractivity (Wildman–Crippen MR) is 177 cm³/mol. The Kier molecular flexibility index (Phi) is 11.7. The molecule has 0 radical (unpaired) electrons. The lowest BCUT2D eigenvalue weighted by atomic mass is 9.79. The third-order valence-corrected chi connectivity index (χ3v) is 7.72. The quantitative estimate of drug-likeness (QED) is 0.203. The molecule has 0 aliphatic heterocycles. The Morgan fingerprint density at radius 3 is 1.05 bits per heavy atom. The highest BCUT2D eigenvalue weighted by atomic mass is 31.1. The molecule has 0 aromatic heterocycles. The molecule has 0 fully saturated rings. The summed E-state index contributed by atoms with van der Waals surface area (Å²) in [5.41, 5.74) is 6.45. The molecule has 6 heteroatoms. The lowest BCUT2D eigenvalue weighted by molar-refractivity contribution is -0.116. The van der Waals surface area contributed by atoms with Gasteiger partial charge in [-0.2, -0.15) is 0 Å². The Bertz CT molecular complexity index is 1190. The molecule has 0 aliphatic rings. The highest BCUT2D eigenvalue weighted by molar-refractivity contribution is 7.33.